The van der Waals surface area contributed by atoms with Crippen LogP contribution in [0.5, 0.6) is 0 Å². The molecule has 8 nitrogen and oxygen atoms in total. The molecule has 1 aliphatic heterocycles. The third kappa shape index (κ3) is 3.85. The van der Waals surface area contributed by atoms with Crippen LogP contribution in [-0.2, 0) is 11.3 Å². The Kier molecular flexibility index (Phi) is 5.15. The van der Waals surface area contributed by atoms with E-state index in [-0.39, 0.29) is 0 Å². The quantitative estimate of drug-likeness (QED) is 0.643. The Morgan fingerprint density at radius 3 is 2.85 bits per heavy atom. The zero-order chi connectivity index (χ0) is 18.6. The lowest BCUT2D eigenvalue weighted by Crippen LogP contribution is -2.21. The Hall–Kier alpha value is -2.74. The second-order valence-corrected chi connectivity index (χ2v) is 6.71. The van der Waals surface area contributed by atoms with E-state index in [4.69, 9.17) is 14.7 Å². The molecule has 1 aliphatic rings. The molecule has 0 spiro atoms. The van der Waals surface area contributed by atoms with Gasteiger partial charge in [-0.1, -0.05) is 0 Å². The Balaban J connectivity index is 1.74. The number of hydrogen-bond donors (Lipinski definition) is 1. The van der Waals surface area contributed by atoms with Gasteiger partial charge in [-0.3, -0.25) is 4.68 Å². The molecule has 1 fully saturated rings. The Morgan fingerprint density at radius 1 is 1.22 bits per heavy atom. The molecule has 0 radical (unpaired) electrons. The molecule has 0 amide bonds. The molecule has 142 valence electrons. The lowest BCUT2D eigenvalue weighted by Gasteiger charge is -2.17. The van der Waals surface area contributed by atoms with Crippen LogP contribution in [0.25, 0.3) is 11.0 Å². The minimum Gasteiger partial charge on any atom is -0.380 e. The van der Waals surface area contributed by atoms with Crippen molar-refractivity contribution in [3.05, 3.63) is 30.1 Å². The molecule has 0 saturated carbocycles. The number of hydrogen-bond acceptors (Lipinski definition) is 7. The number of anilines is 3. The first-order chi connectivity index (χ1) is 13.2. The van der Waals surface area contributed by atoms with E-state index in [1.165, 1.54) is 12.8 Å². The molecule has 27 heavy (non-hydrogen) atoms. The summed E-state index contributed by atoms with van der Waals surface area (Å²) >= 11 is 0. The van der Waals surface area contributed by atoms with Gasteiger partial charge in [0.2, 0.25) is 5.95 Å². The van der Waals surface area contributed by atoms with Gasteiger partial charge in [-0.2, -0.15) is 10.1 Å². The molecule has 1 N–H and O–H groups in total. The monoisotopic (exact) mass is 367 g/mol. The predicted octanol–water partition coefficient (Wildman–Crippen LogP) is 2.91. The van der Waals surface area contributed by atoms with Crippen molar-refractivity contribution in [1.29, 1.82) is 0 Å². The van der Waals surface area contributed by atoms with Crippen LogP contribution in [0.2, 0.25) is 0 Å². The summed E-state index contributed by atoms with van der Waals surface area (Å²) in [6.07, 6.45) is 5.95. The molecule has 3 aromatic heterocycles. The van der Waals surface area contributed by atoms with Gasteiger partial charge < -0.3 is 15.0 Å². The fraction of sp³-hybridized carbons (Fsp3) is 0.474. The molecule has 4 rings (SSSR count). The van der Waals surface area contributed by atoms with E-state index in [1.807, 2.05) is 30.7 Å². The first-order valence-corrected chi connectivity index (χ1v) is 9.50. The number of fused-ring (bicyclic) bond motifs is 1. The van der Waals surface area contributed by atoms with Crippen LogP contribution < -0.4 is 10.2 Å². The van der Waals surface area contributed by atoms with Crippen molar-refractivity contribution in [2.45, 2.75) is 33.2 Å². The summed E-state index contributed by atoms with van der Waals surface area (Å²) in [4.78, 5) is 16.2. The van der Waals surface area contributed by atoms with Crippen molar-refractivity contribution in [2.24, 2.45) is 0 Å². The van der Waals surface area contributed by atoms with Crippen molar-refractivity contribution in [3.63, 3.8) is 0 Å². The number of nitrogens with zero attached hydrogens (tertiary/aromatic N) is 6. The summed E-state index contributed by atoms with van der Waals surface area (Å²) < 4.78 is 7.39. The number of aromatic nitrogens is 5. The van der Waals surface area contributed by atoms with Gasteiger partial charge >= 0.3 is 0 Å². The highest BCUT2D eigenvalue weighted by atomic mass is 16.5. The number of nitrogens with one attached hydrogen (secondary N) is 1. The lowest BCUT2D eigenvalue weighted by molar-refractivity contribution is 0.137. The zero-order valence-corrected chi connectivity index (χ0v) is 15.9. The topological polar surface area (TPSA) is 81.0 Å². The molecule has 8 heteroatoms. The molecule has 0 unspecified atom stereocenters. The minimum atomic E-state index is 0.600. The van der Waals surface area contributed by atoms with Crippen molar-refractivity contribution in [1.82, 2.24) is 24.7 Å². The number of ether oxygens (including phenoxy) is 1. The second kappa shape index (κ2) is 7.87. The Labute approximate surface area is 158 Å². The number of rotatable bonds is 7. The Bertz CT molecular complexity index is 918. The maximum Gasteiger partial charge on any atom is 0.228 e. The van der Waals surface area contributed by atoms with Gasteiger partial charge in [-0.05, 0) is 44.4 Å². The van der Waals surface area contributed by atoms with Crippen molar-refractivity contribution in [3.8, 4) is 0 Å². The number of aryl methyl sites for hydroxylation is 1. The molecular weight excluding hydrogens is 342 g/mol. The molecule has 0 bridgehead atoms. The van der Waals surface area contributed by atoms with Gasteiger partial charge in [0.25, 0.3) is 0 Å². The summed E-state index contributed by atoms with van der Waals surface area (Å²) in [6.45, 7) is 7.96. The van der Waals surface area contributed by atoms with Gasteiger partial charge in [0, 0.05) is 25.9 Å². The molecule has 3 aromatic rings. The van der Waals surface area contributed by atoms with Gasteiger partial charge in [0.1, 0.15) is 16.9 Å². The maximum absolute atomic E-state index is 5.49. The van der Waals surface area contributed by atoms with Gasteiger partial charge in [0.15, 0.2) is 5.82 Å². The minimum absolute atomic E-state index is 0.600. The molecule has 1 saturated heterocycles. The largest absolute Gasteiger partial charge is 0.380 e. The fourth-order valence-corrected chi connectivity index (χ4v) is 3.32. The van der Waals surface area contributed by atoms with Crippen LogP contribution in [0.4, 0.5) is 17.6 Å². The van der Waals surface area contributed by atoms with E-state index < -0.39 is 0 Å². The van der Waals surface area contributed by atoms with Crippen molar-refractivity contribution < 1.29 is 4.74 Å². The Morgan fingerprint density at radius 2 is 2.07 bits per heavy atom. The molecular formula is C19H25N7O. The van der Waals surface area contributed by atoms with E-state index in [0.29, 0.717) is 19.8 Å². The normalized spacial score (nSPS) is 14.2. The summed E-state index contributed by atoms with van der Waals surface area (Å²) in [7, 11) is 0. The van der Waals surface area contributed by atoms with Crippen LogP contribution >= 0.6 is 0 Å². The third-order valence-corrected chi connectivity index (χ3v) is 4.68. The highest BCUT2D eigenvalue weighted by Gasteiger charge is 2.20. The highest BCUT2D eigenvalue weighted by molar-refractivity contribution is 5.88. The van der Waals surface area contributed by atoms with Crippen molar-refractivity contribution in [2.75, 3.05) is 36.5 Å². The van der Waals surface area contributed by atoms with E-state index in [9.17, 15) is 0 Å². The molecule has 4 heterocycles. The van der Waals surface area contributed by atoms with Crippen LogP contribution in [-0.4, -0.2) is 51.0 Å². The van der Waals surface area contributed by atoms with E-state index in [0.717, 1.165) is 47.3 Å². The van der Waals surface area contributed by atoms with Crippen LogP contribution in [0.1, 0.15) is 25.3 Å². The fourth-order valence-electron chi connectivity index (χ4n) is 3.32. The first-order valence-electron chi connectivity index (χ1n) is 9.50. The highest BCUT2D eigenvalue weighted by Crippen LogP contribution is 2.27. The third-order valence-electron chi connectivity index (χ3n) is 4.68. The number of pyridine rings is 1. The van der Waals surface area contributed by atoms with E-state index in [2.05, 4.69) is 20.3 Å². The van der Waals surface area contributed by atoms with Gasteiger partial charge in [0.05, 0.1) is 19.3 Å². The summed E-state index contributed by atoms with van der Waals surface area (Å²) in [5, 5.41) is 7.89. The van der Waals surface area contributed by atoms with E-state index >= 15 is 0 Å². The lowest BCUT2D eigenvalue weighted by atomic mass is 10.3. The van der Waals surface area contributed by atoms with Gasteiger partial charge in [-0.25, -0.2) is 9.97 Å². The maximum atomic E-state index is 5.49. The van der Waals surface area contributed by atoms with Crippen molar-refractivity contribution >= 4 is 28.6 Å². The molecule has 0 aromatic carbocycles. The molecule has 0 atom stereocenters. The standard InChI is InChI=1S/C19H25N7O/c1-3-27-11-10-26-17-15(13-21-26)22-19(25-8-4-5-9-25)24-18(17)23-16-12-14(2)6-7-20-16/h6-7,12-13H,3-5,8-11H2,1-2H3,(H,20,22,23,24). The van der Waals surface area contributed by atoms with Gasteiger partial charge in [-0.15, -0.1) is 0 Å². The predicted molar refractivity (Wildman–Crippen MR) is 106 cm³/mol. The SMILES string of the molecule is CCOCCn1ncc2nc(N3CCCC3)nc(Nc3cc(C)ccn3)c21. The summed E-state index contributed by atoms with van der Waals surface area (Å²) in [5.41, 5.74) is 2.85. The second-order valence-electron chi connectivity index (χ2n) is 6.71. The van der Waals surface area contributed by atoms with Crippen LogP contribution in [0.3, 0.4) is 0 Å². The zero-order valence-electron chi connectivity index (χ0n) is 15.9. The average Bonchev–Trinajstić information content (AvgIpc) is 3.32. The van der Waals surface area contributed by atoms with Crippen LogP contribution in [0.15, 0.2) is 24.5 Å². The smallest absolute Gasteiger partial charge is 0.228 e. The molecule has 0 aliphatic carbocycles. The van der Waals surface area contributed by atoms with Crippen LogP contribution in [0, 0.1) is 6.92 Å². The average molecular weight is 367 g/mol. The first kappa shape index (κ1) is 17.7. The summed E-state index contributed by atoms with van der Waals surface area (Å²) in [5.74, 6) is 2.24. The van der Waals surface area contributed by atoms with E-state index in [1.54, 1.807) is 12.4 Å². The summed E-state index contributed by atoms with van der Waals surface area (Å²) in [6, 6.07) is 3.98.